The molecule has 0 N–H and O–H groups in total. The monoisotopic (exact) mass is 130 g/mol. The van der Waals surface area contributed by atoms with Gasteiger partial charge in [-0.05, 0) is 18.0 Å². The maximum atomic E-state index is 2.95. The molecule has 48 valence electrons. The van der Waals surface area contributed by atoms with Crippen molar-refractivity contribution >= 4 is 9.24 Å². The molecule has 0 aromatic carbocycles. The fraction of sp³-hybridized carbons (Fsp3) is 1.00. The predicted molar refractivity (Wildman–Crippen MR) is 41.1 cm³/mol. The van der Waals surface area contributed by atoms with Crippen molar-refractivity contribution in [1.29, 1.82) is 0 Å². The highest BCUT2D eigenvalue weighted by Gasteiger charge is 2.15. The van der Waals surface area contributed by atoms with Crippen LogP contribution >= 0.6 is 9.24 Å². The minimum atomic E-state index is 0.920. The molecule has 0 spiro atoms. The molecule has 3 unspecified atom stereocenters. The third-order valence-electron chi connectivity index (χ3n) is 2.18. The minimum Gasteiger partial charge on any atom is -0.134 e. The van der Waals surface area contributed by atoms with Crippen molar-refractivity contribution < 1.29 is 0 Å². The van der Waals surface area contributed by atoms with E-state index >= 15 is 0 Å². The molecule has 0 aromatic rings. The molecule has 0 heterocycles. The molecule has 0 saturated heterocycles. The molecule has 8 heavy (non-hydrogen) atoms. The molecule has 1 heteroatoms. The smallest absolute Gasteiger partial charge is 0.0238 e. The van der Waals surface area contributed by atoms with E-state index in [0.29, 0.717) is 0 Å². The summed E-state index contributed by atoms with van der Waals surface area (Å²) in [7, 11) is 2.95. The fourth-order valence-corrected chi connectivity index (χ4v) is 1.77. The van der Waals surface area contributed by atoms with E-state index in [9.17, 15) is 0 Å². The van der Waals surface area contributed by atoms with Crippen molar-refractivity contribution in [3.63, 3.8) is 0 Å². The van der Waals surface area contributed by atoms with E-state index in [0.717, 1.165) is 11.6 Å². The summed E-state index contributed by atoms with van der Waals surface area (Å²) in [5.74, 6) is 0.966. The van der Waals surface area contributed by atoms with E-state index in [2.05, 4.69) is 16.2 Å². The van der Waals surface area contributed by atoms with Gasteiger partial charge in [0.25, 0.3) is 0 Å². The van der Waals surface area contributed by atoms with Gasteiger partial charge in [-0.25, -0.2) is 0 Å². The van der Waals surface area contributed by atoms with Crippen molar-refractivity contribution in [2.75, 3.05) is 0 Å². The van der Waals surface area contributed by atoms with Gasteiger partial charge in [-0.3, -0.25) is 0 Å². The summed E-state index contributed by atoms with van der Waals surface area (Å²) >= 11 is 0. The van der Waals surface area contributed by atoms with Crippen LogP contribution in [0.1, 0.15) is 32.6 Å². The van der Waals surface area contributed by atoms with Gasteiger partial charge in [-0.1, -0.05) is 26.2 Å². The Bertz CT molecular complexity index is 60.8. The van der Waals surface area contributed by atoms with Crippen molar-refractivity contribution in [3.05, 3.63) is 0 Å². The summed E-state index contributed by atoms with van der Waals surface area (Å²) < 4.78 is 0. The lowest BCUT2D eigenvalue weighted by atomic mass is 9.90. The zero-order chi connectivity index (χ0) is 5.98. The van der Waals surface area contributed by atoms with Gasteiger partial charge in [-0.2, -0.15) is 0 Å². The zero-order valence-electron chi connectivity index (χ0n) is 5.56. The summed E-state index contributed by atoms with van der Waals surface area (Å²) in [6.45, 7) is 2.36. The molecule has 0 radical (unpaired) electrons. The van der Waals surface area contributed by atoms with Crippen LogP contribution in [0.25, 0.3) is 0 Å². The van der Waals surface area contributed by atoms with Crippen LogP contribution in [0, 0.1) is 5.92 Å². The van der Waals surface area contributed by atoms with Gasteiger partial charge in [0.1, 0.15) is 0 Å². The third kappa shape index (κ3) is 1.45. The van der Waals surface area contributed by atoms with Crippen LogP contribution < -0.4 is 0 Å². The van der Waals surface area contributed by atoms with Gasteiger partial charge in [0.2, 0.25) is 0 Å². The average molecular weight is 130 g/mol. The highest BCUT2D eigenvalue weighted by Crippen LogP contribution is 2.28. The second-order valence-electron chi connectivity index (χ2n) is 2.93. The van der Waals surface area contributed by atoms with Gasteiger partial charge >= 0.3 is 0 Å². The lowest BCUT2D eigenvalue weighted by molar-refractivity contribution is 0.397. The molecule has 1 fully saturated rings. The van der Waals surface area contributed by atoms with E-state index in [4.69, 9.17) is 0 Å². The first-order valence-electron chi connectivity index (χ1n) is 3.56. The van der Waals surface area contributed by atoms with E-state index in [1.807, 2.05) is 0 Å². The van der Waals surface area contributed by atoms with E-state index in [-0.39, 0.29) is 0 Å². The fourth-order valence-electron chi connectivity index (χ4n) is 1.34. The van der Waals surface area contributed by atoms with Crippen molar-refractivity contribution in [2.45, 2.75) is 38.3 Å². The van der Waals surface area contributed by atoms with Gasteiger partial charge in [0.15, 0.2) is 0 Å². The van der Waals surface area contributed by atoms with Crippen LogP contribution in [0.2, 0.25) is 0 Å². The molecule has 0 aromatic heterocycles. The Morgan fingerprint density at radius 1 is 1.25 bits per heavy atom. The molecular formula is C7H15P. The maximum Gasteiger partial charge on any atom is -0.0238 e. The second kappa shape index (κ2) is 2.82. The SMILES string of the molecule is CC1CCCCC1P. The number of hydrogen-bond acceptors (Lipinski definition) is 0. The van der Waals surface area contributed by atoms with Crippen LogP contribution in [-0.4, -0.2) is 5.66 Å². The quantitative estimate of drug-likeness (QED) is 0.442. The maximum absolute atomic E-state index is 2.95. The molecule has 0 bridgehead atoms. The van der Waals surface area contributed by atoms with Crippen LogP contribution in [-0.2, 0) is 0 Å². The lowest BCUT2D eigenvalue weighted by Crippen LogP contribution is -2.15. The Morgan fingerprint density at radius 2 is 1.88 bits per heavy atom. The van der Waals surface area contributed by atoms with Gasteiger partial charge in [0, 0.05) is 0 Å². The molecule has 1 aliphatic rings. The first-order valence-corrected chi connectivity index (χ1v) is 4.23. The molecule has 1 aliphatic carbocycles. The predicted octanol–water partition coefficient (Wildman–Crippen LogP) is 2.44. The topological polar surface area (TPSA) is 0 Å². The molecule has 0 aliphatic heterocycles. The van der Waals surface area contributed by atoms with Crippen molar-refractivity contribution in [2.24, 2.45) is 5.92 Å². The van der Waals surface area contributed by atoms with E-state index in [1.54, 1.807) is 0 Å². The Labute approximate surface area is 54.3 Å². The Hall–Kier alpha value is 0.430. The van der Waals surface area contributed by atoms with Crippen LogP contribution in [0.5, 0.6) is 0 Å². The van der Waals surface area contributed by atoms with Gasteiger partial charge in [0.05, 0.1) is 0 Å². The second-order valence-corrected chi connectivity index (χ2v) is 3.78. The Balaban J connectivity index is 2.28. The van der Waals surface area contributed by atoms with Gasteiger partial charge < -0.3 is 0 Å². The summed E-state index contributed by atoms with van der Waals surface area (Å²) in [4.78, 5) is 0. The molecule has 0 nitrogen and oxygen atoms in total. The normalized spacial score (nSPS) is 39.8. The van der Waals surface area contributed by atoms with E-state index < -0.39 is 0 Å². The zero-order valence-corrected chi connectivity index (χ0v) is 6.72. The average Bonchev–Trinajstić information content (AvgIpc) is 1.77. The number of rotatable bonds is 0. The standard InChI is InChI=1S/C7H15P/c1-6-4-2-3-5-7(6)8/h6-7H,2-5,8H2,1H3. The summed E-state index contributed by atoms with van der Waals surface area (Å²) in [6.07, 6.45) is 5.81. The number of hydrogen-bond donors (Lipinski definition) is 0. The van der Waals surface area contributed by atoms with Crippen LogP contribution in [0.3, 0.4) is 0 Å². The molecule has 1 saturated carbocycles. The molecule has 0 amide bonds. The van der Waals surface area contributed by atoms with E-state index in [1.165, 1.54) is 25.7 Å². The summed E-state index contributed by atoms with van der Waals surface area (Å²) in [5.41, 5.74) is 0.920. The highest BCUT2D eigenvalue weighted by molar-refractivity contribution is 7.17. The van der Waals surface area contributed by atoms with Crippen LogP contribution in [0.4, 0.5) is 0 Å². The van der Waals surface area contributed by atoms with Crippen molar-refractivity contribution in [3.8, 4) is 0 Å². The third-order valence-corrected chi connectivity index (χ3v) is 3.17. The van der Waals surface area contributed by atoms with Crippen molar-refractivity contribution in [1.82, 2.24) is 0 Å². The minimum absolute atomic E-state index is 0.920. The van der Waals surface area contributed by atoms with Gasteiger partial charge in [-0.15, -0.1) is 9.24 Å². The Kier molecular flexibility index (Phi) is 2.31. The largest absolute Gasteiger partial charge is 0.134 e. The summed E-state index contributed by atoms with van der Waals surface area (Å²) in [5, 5.41) is 0. The van der Waals surface area contributed by atoms with Crippen LogP contribution in [0.15, 0.2) is 0 Å². The molecule has 1 rings (SSSR count). The molecular weight excluding hydrogens is 115 g/mol. The molecule has 3 atom stereocenters. The lowest BCUT2D eigenvalue weighted by Gasteiger charge is -2.24. The summed E-state index contributed by atoms with van der Waals surface area (Å²) in [6, 6.07) is 0. The Morgan fingerprint density at radius 3 is 2.25 bits per heavy atom. The first kappa shape index (κ1) is 6.55. The first-order chi connectivity index (χ1) is 3.80. The highest BCUT2D eigenvalue weighted by atomic mass is 31.0.